The molecule has 1 rings (SSSR count). The van der Waals surface area contributed by atoms with Gasteiger partial charge in [-0.15, -0.1) is 0 Å². The van der Waals surface area contributed by atoms with Gasteiger partial charge in [-0.25, -0.2) is 0 Å². The van der Waals surface area contributed by atoms with Crippen molar-refractivity contribution in [1.82, 2.24) is 5.32 Å². The normalized spacial score (nSPS) is 11.8. The molecular weight excluding hydrogens is 301 g/mol. The van der Waals surface area contributed by atoms with Crippen molar-refractivity contribution in [3.63, 3.8) is 0 Å². The Hall–Kier alpha value is -1.30. The Labute approximate surface area is 127 Å². The Kier molecular flexibility index (Phi) is 6.78. The van der Waals surface area contributed by atoms with Crippen LogP contribution in [0.4, 0.5) is 5.69 Å². The maximum atomic E-state index is 11.7. The maximum absolute atomic E-state index is 11.7. The number of hydrogen-bond donors (Lipinski definition) is 3. The summed E-state index contributed by atoms with van der Waals surface area (Å²) in [5.74, 6) is -0.745. The molecule has 0 fully saturated rings. The first kappa shape index (κ1) is 16.8. The lowest BCUT2D eigenvalue weighted by Crippen LogP contribution is -2.43. The highest BCUT2D eigenvalue weighted by Gasteiger charge is 2.13. The van der Waals surface area contributed by atoms with Crippen molar-refractivity contribution >= 4 is 40.7 Å². The van der Waals surface area contributed by atoms with E-state index in [2.05, 4.69) is 10.6 Å². The molecule has 1 aromatic carbocycles. The van der Waals surface area contributed by atoms with Gasteiger partial charge in [0.15, 0.2) is 0 Å². The molecule has 1 aromatic rings. The topological polar surface area (TPSA) is 84.2 Å². The fraction of sp³-hybridized carbons (Fsp3) is 0.385. The second kappa shape index (κ2) is 8.09. The Morgan fingerprint density at radius 3 is 2.70 bits per heavy atom. The third kappa shape index (κ3) is 5.36. The molecule has 0 bridgehead atoms. The fourth-order valence-corrected chi connectivity index (χ4v) is 1.87. The fourth-order valence-electron chi connectivity index (χ4n) is 1.53. The third-order valence-electron chi connectivity index (χ3n) is 2.56. The first-order valence-corrected chi connectivity index (χ1v) is 6.97. The summed E-state index contributed by atoms with van der Waals surface area (Å²) in [5, 5.41) is 5.86. The lowest BCUT2D eigenvalue weighted by molar-refractivity contribution is -0.125. The molecule has 110 valence electrons. The second-order valence-electron chi connectivity index (χ2n) is 4.29. The van der Waals surface area contributed by atoms with Crippen LogP contribution >= 0.6 is 23.2 Å². The molecule has 0 aliphatic rings. The van der Waals surface area contributed by atoms with Crippen molar-refractivity contribution < 1.29 is 9.59 Å². The minimum absolute atomic E-state index is 0.168. The molecule has 2 amide bonds. The van der Waals surface area contributed by atoms with Gasteiger partial charge in [-0.3, -0.25) is 9.59 Å². The number of hydrogen-bond acceptors (Lipinski definition) is 3. The molecule has 7 heteroatoms. The van der Waals surface area contributed by atoms with Gasteiger partial charge >= 0.3 is 0 Å². The number of amides is 2. The van der Waals surface area contributed by atoms with E-state index in [4.69, 9.17) is 28.9 Å². The van der Waals surface area contributed by atoms with Crippen LogP contribution in [0.25, 0.3) is 0 Å². The predicted octanol–water partition coefficient (Wildman–Crippen LogP) is 2.18. The van der Waals surface area contributed by atoms with Crippen molar-refractivity contribution in [2.45, 2.75) is 25.8 Å². The number of anilines is 1. The monoisotopic (exact) mass is 317 g/mol. The van der Waals surface area contributed by atoms with Crippen LogP contribution in [-0.2, 0) is 9.59 Å². The molecule has 0 spiro atoms. The molecular formula is C13H17Cl2N3O2. The largest absolute Gasteiger partial charge is 0.346 e. The highest BCUT2D eigenvalue weighted by molar-refractivity contribution is 6.35. The van der Waals surface area contributed by atoms with Gasteiger partial charge < -0.3 is 16.4 Å². The van der Waals surface area contributed by atoms with Gasteiger partial charge in [-0.1, -0.05) is 36.5 Å². The molecule has 0 aliphatic heterocycles. The van der Waals surface area contributed by atoms with Crippen LogP contribution in [-0.4, -0.2) is 24.4 Å². The van der Waals surface area contributed by atoms with Crippen LogP contribution in [0.2, 0.25) is 10.0 Å². The zero-order valence-corrected chi connectivity index (χ0v) is 12.6. The minimum Gasteiger partial charge on any atom is -0.346 e. The van der Waals surface area contributed by atoms with E-state index < -0.39 is 11.9 Å². The van der Waals surface area contributed by atoms with E-state index in [1.54, 1.807) is 12.1 Å². The number of rotatable bonds is 6. The molecule has 20 heavy (non-hydrogen) atoms. The molecule has 0 saturated carbocycles. The lowest BCUT2D eigenvalue weighted by atomic mass is 10.2. The number of carbonyl (C=O) groups is 2. The van der Waals surface area contributed by atoms with Crippen LogP contribution in [0.15, 0.2) is 18.2 Å². The quantitative estimate of drug-likeness (QED) is 0.751. The molecule has 4 N–H and O–H groups in total. The van der Waals surface area contributed by atoms with E-state index in [1.807, 2.05) is 6.92 Å². The van der Waals surface area contributed by atoms with Crippen molar-refractivity contribution in [3.05, 3.63) is 28.2 Å². The van der Waals surface area contributed by atoms with Crippen LogP contribution in [0.1, 0.15) is 19.8 Å². The minimum atomic E-state index is -0.595. The summed E-state index contributed by atoms with van der Waals surface area (Å²) in [6, 6.07) is 4.13. The Morgan fingerprint density at radius 2 is 2.05 bits per heavy atom. The molecule has 1 unspecified atom stereocenters. The number of nitrogens with one attached hydrogen (secondary N) is 2. The molecule has 0 saturated heterocycles. The van der Waals surface area contributed by atoms with Gasteiger partial charge in [-0.05, 0) is 24.6 Å². The van der Waals surface area contributed by atoms with E-state index in [0.29, 0.717) is 22.2 Å². The Bertz CT molecular complexity index is 495. The number of halogens is 2. The highest BCUT2D eigenvalue weighted by Crippen LogP contribution is 2.25. The summed E-state index contributed by atoms with van der Waals surface area (Å²) >= 11 is 11.7. The average molecular weight is 318 g/mol. The third-order valence-corrected chi connectivity index (χ3v) is 3.13. The van der Waals surface area contributed by atoms with Crippen LogP contribution in [0, 0.1) is 0 Å². The van der Waals surface area contributed by atoms with E-state index in [1.165, 1.54) is 6.07 Å². The summed E-state index contributed by atoms with van der Waals surface area (Å²) in [4.78, 5) is 23.2. The first-order valence-electron chi connectivity index (χ1n) is 6.22. The van der Waals surface area contributed by atoms with Gasteiger partial charge in [0.2, 0.25) is 11.8 Å². The molecule has 0 aliphatic carbocycles. The van der Waals surface area contributed by atoms with Crippen molar-refractivity contribution in [1.29, 1.82) is 0 Å². The van der Waals surface area contributed by atoms with Crippen LogP contribution in [0.5, 0.6) is 0 Å². The lowest BCUT2D eigenvalue weighted by Gasteiger charge is -2.12. The number of carbonyl (C=O) groups excluding carboxylic acids is 2. The smallest absolute Gasteiger partial charge is 0.243 e. The maximum Gasteiger partial charge on any atom is 0.243 e. The second-order valence-corrected chi connectivity index (χ2v) is 5.13. The molecule has 0 aromatic heterocycles. The Balaban J connectivity index is 2.48. The predicted molar refractivity (Wildman–Crippen MR) is 81.0 cm³/mol. The van der Waals surface area contributed by atoms with Crippen molar-refractivity contribution in [2.24, 2.45) is 5.73 Å². The van der Waals surface area contributed by atoms with Crippen LogP contribution < -0.4 is 16.4 Å². The first-order chi connectivity index (χ1) is 9.43. The van der Waals surface area contributed by atoms with Gasteiger partial charge in [0.05, 0.1) is 23.3 Å². The standard InChI is InChI=1S/C13H17Cl2N3O2/c1-2-3-10(16)13(20)17-7-12(19)18-11-6-8(14)4-5-9(11)15/h4-6,10H,2-3,7,16H2,1H3,(H,17,20)(H,18,19). The molecule has 1 atom stereocenters. The van der Waals surface area contributed by atoms with Crippen molar-refractivity contribution in [3.8, 4) is 0 Å². The zero-order valence-electron chi connectivity index (χ0n) is 11.1. The molecule has 0 heterocycles. The highest BCUT2D eigenvalue weighted by atomic mass is 35.5. The van der Waals surface area contributed by atoms with E-state index in [-0.39, 0.29) is 12.5 Å². The zero-order chi connectivity index (χ0) is 15.1. The number of nitrogens with two attached hydrogens (primary N) is 1. The molecule has 5 nitrogen and oxygen atoms in total. The van der Waals surface area contributed by atoms with E-state index in [9.17, 15) is 9.59 Å². The average Bonchev–Trinajstić information content (AvgIpc) is 2.40. The number of benzene rings is 1. The SMILES string of the molecule is CCCC(N)C(=O)NCC(=O)Nc1cc(Cl)ccc1Cl. The molecule has 0 radical (unpaired) electrons. The van der Waals surface area contributed by atoms with Gasteiger partial charge in [0.1, 0.15) is 0 Å². The summed E-state index contributed by atoms with van der Waals surface area (Å²) in [6.07, 6.45) is 1.38. The van der Waals surface area contributed by atoms with Crippen LogP contribution in [0.3, 0.4) is 0 Å². The Morgan fingerprint density at radius 1 is 1.35 bits per heavy atom. The van der Waals surface area contributed by atoms with Gasteiger partial charge in [-0.2, -0.15) is 0 Å². The summed E-state index contributed by atoms with van der Waals surface area (Å²) < 4.78 is 0. The van der Waals surface area contributed by atoms with Gasteiger partial charge in [0, 0.05) is 5.02 Å². The summed E-state index contributed by atoms with van der Waals surface area (Å²) in [5.41, 5.74) is 6.03. The van der Waals surface area contributed by atoms with Gasteiger partial charge in [0.25, 0.3) is 0 Å². The summed E-state index contributed by atoms with van der Waals surface area (Å²) in [7, 11) is 0. The van der Waals surface area contributed by atoms with E-state index >= 15 is 0 Å². The van der Waals surface area contributed by atoms with E-state index in [0.717, 1.165) is 6.42 Å². The summed E-state index contributed by atoms with van der Waals surface area (Å²) in [6.45, 7) is 1.76. The van der Waals surface area contributed by atoms with Crippen molar-refractivity contribution in [2.75, 3.05) is 11.9 Å².